The largest absolute Gasteiger partial charge is 0.302 e. The SMILES string of the molecule is CCCN(C)Cc1ccc(-c2ccccc2-c2ccc(C(=O)c3ccc(-c4ccccc4-c4ccc(CN(C)CCC)cc4)cc3)cc2)cc1.Cl. The van der Waals surface area contributed by atoms with Crippen molar-refractivity contribution in [2.24, 2.45) is 0 Å². The third-order valence-corrected chi connectivity index (χ3v) is 9.42. The Balaban J connectivity index is 0.00000504. The number of hydrogen-bond donors (Lipinski definition) is 0. The van der Waals surface area contributed by atoms with Crippen molar-refractivity contribution in [3.8, 4) is 44.5 Å². The highest BCUT2D eigenvalue weighted by Crippen LogP contribution is 2.34. The van der Waals surface area contributed by atoms with E-state index in [0.717, 1.165) is 61.3 Å². The van der Waals surface area contributed by atoms with Crippen LogP contribution < -0.4 is 0 Å². The smallest absolute Gasteiger partial charge is 0.193 e. The zero-order chi connectivity index (χ0) is 34.9. The first-order valence-corrected chi connectivity index (χ1v) is 17.9. The molecule has 0 atom stereocenters. The highest BCUT2D eigenvalue weighted by molar-refractivity contribution is 6.09. The third kappa shape index (κ3) is 9.31. The van der Waals surface area contributed by atoms with Gasteiger partial charge in [-0.25, -0.2) is 0 Å². The highest BCUT2D eigenvalue weighted by atomic mass is 35.5. The fourth-order valence-corrected chi connectivity index (χ4v) is 6.87. The topological polar surface area (TPSA) is 23.6 Å². The minimum atomic E-state index is 0. The Hall–Kier alpha value is -4.80. The Bertz CT molecular complexity index is 1850. The number of carbonyl (C=O) groups excluding carboxylic acids is 1. The Morgan fingerprint density at radius 3 is 0.980 bits per heavy atom. The van der Waals surface area contributed by atoms with E-state index < -0.39 is 0 Å². The first-order valence-electron chi connectivity index (χ1n) is 17.9. The quantitative estimate of drug-likeness (QED) is 0.106. The van der Waals surface area contributed by atoms with Crippen LogP contribution in [0.2, 0.25) is 0 Å². The van der Waals surface area contributed by atoms with Crippen LogP contribution >= 0.6 is 12.4 Å². The standard InChI is InChI=1S/C47H48N2O.ClH/c1-5-31-48(3)33-35-15-19-37(20-16-35)43-11-7-9-13-45(43)39-23-27-41(28-24-39)47(50)42-29-25-40(26-30-42)46-14-10-8-12-44(46)38-21-17-36(18-22-38)34-49(4)32-6-2;/h7-30H,5-6,31-34H2,1-4H3;1H. The fraction of sp³-hybridized carbons (Fsp3) is 0.213. The summed E-state index contributed by atoms with van der Waals surface area (Å²) >= 11 is 0. The molecule has 0 bridgehead atoms. The molecule has 0 aliphatic rings. The number of rotatable bonds is 14. The average Bonchev–Trinajstić information content (AvgIpc) is 3.15. The molecule has 0 unspecified atom stereocenters. The molecule has 6 aromatic rings. The summed E-state index contributed by atoms with van der Waals surface area (Å²) in [5, 5.41) is 0. The van der Waals surface area contributed by atoms with Crippen LogP contribution in [0.4, 0.5) is 0 Å². The second kappa shape index (κ2) is 17.9. The van der Waals surface area contributed by atoms with Gasteiger partial charge in [-0.05, 0) is 95.7 Å². The maximum Gasteiger partial charge on any atom is 0.193 e. The van der Waals surface area contributed by atoms with Crippen molar-refractivity contribution in [3.05, 3.63) is 168 Å². The minimum Gasteiger partial charge on any atom is -0.302 e. The molecule has 0 amide bonds. The molecule has 51 heavy (non-hydrogen) atoms. The summed E-state index contributed by atoms with van der Waals surface area (Å²) in [6, 6.07) is 50.9. The van der Waals surface area contributed by atoms with Gasteiger partial charge in [0.25, 0.3) is 0 Å². The summed E-state index contributed by atoms with van der Waals surface area (Å²) < 4.78 is 0. The lowest BCUT2D eigenvalue weighted by Crippen LogP contribution is -2.18. The van der Waals surface area contributed by atoms with Gasteiger partial charge in [-0.15, -0.1) is 12.4 Å². The van der Waals surface area contributed by atoms with Gasteiger partial charge in [-0.3, -0.25) is 4.79 Å². The molecule has 4 heteroatoms. The third-order valence-electron chi connectivity index (χ3n) is 9.42. The molecule has 3 nitrogen and oxygen atoms in total. The normalized spacial score (nSPS) is 11.1. The molecule has 0 spiro atoms. The molecule has 260 valence electrons. The van der Waals surface area contributed by atoms with E-state index in [9.17, 15) is 4.79 Å². The zero-order valence-electron chi connectivity index (χ0n) is 30.3. The van der Waals surface area contributed by atoms with Crippen LogP contribution in [0.15, 0.2) is 146 Å². The van der Waals surface area contributed by atoms with Gasteiger partial charge < -0.3 is 9.80 Å². The predicted molar refractivity (Wildman–Crippen MR) is 219 cm³/mol. The van der Waals surface area contributed by atoms with Crippen molar-refractivity contribution >= 4 is 18.2 Å². The molecule has 0 saturated carbocycles. The first kappa shape index (κ1) is 37.5. The van der Waals surface area contributed by atoms with Crippen molar-refractivity contribution in [1.82, 2.24) is 9.80 Å². The summed E-state index contributed by atoms with van der Waals surface area (Å²) in [4.78, 5) is 18.3. The van der Waals surface area contributed by atoms with Gasteiger partial charge in [-0.2, -0.15) is 0 Å². The van der Waals surface area contributed by atoms with Crippen LogP contribution in [-0.4, -0.2) is 42.8 Å². The van der Waals surface area contributed by atoms with Crippen LogP contribution in [0.5, 0.6) is 0 Å². The second-order valence-corrected chi connectivity index (χ2v) is 13.4. The lowest BCUT2D eigenvalue weighted by atomic mass is 9.92. The lowest BCUT2D eigenvalue weighted by Gasteiger charge is -2.16. The molecule has 6 rings (SSSR count). The number of ketones is 1. The number of halogens is 1. The fourth-order valence-electron chi connectivity index (χ4n) is 6.87. The van der Waals surface area contributed by atoms with E-state index in [0.29, 0.717) is 11.1 Å². The number of hydrogen-bond acceptors (Lipinski definition) is 3. The maximum absolute atomic E-state index is 13.6. The van der Waals surface area contributed by atoms with Crippen molar-refractivity contribution in [1.29, 1.82) is 0 Å². The van der Waals surface area contributed by atoms with Gasteiger partial charge in [0.1, 0.15) is 0 Å². The van der Waals surface area contributed by atoms with Crippen molar-refractivity contribution < 1.29 is 4.79 Å². The summed E-state index contributed by atoms with van der Waals surface area (Å²) in [5.74, 6) is 0.0249. The first-order chi connectivity index (χ1) is 24.4. The molecule has 0 aromatic heterocycles. The predicted octanol–water partition coefficient (Wildman–Crippen LogP) is 11.7. The van der Waals surface area contributed by atoms with E-state index >= 15 is 0 Å². The van der Waals surface area contributed by atoms with Gasteiger partial charge in [-0.1, -0.05) is 159 Å². The number of carbonyl (C=O) groups is 1. The Morgan fingerprint density at radius 2 is 0.706 bits per heavy atom. The van der Waals surface area contributed by atoms with Gasteiger partial charge in [0.05, 0.1) is 0 Å². The number of benzene rings is 6. The van der Waals surface area contributed by atoms with Gasteiger partial charge in [0, 0.05) is 24.2 Å². The molecule has 0 N–H and O–H groups in total. The lowest BCUT2D eigenvalue weighted by molar-refractivity contribution is 0.103. The monoisotopic (exact) mass is 692 g/mol. The van der Waals surface area contributed by atoms with Crippen LogP contribution in [0.3, 0.4) is 0 Å². The Kier molecular flexibility index (Phi) is 13.2. The van der Waals surface area contributed by atoms with Crippen molar-refractivity contribution in [2.75, 3.05) is 27.2 Å². The van der Waals surface area contributed by atoms with Gasteiger partial charge in [0.15, 0.2) is 5.78 Å². The zero-order valence-corrected chi connectivity index (χ0v) is 31.1. The highest BCUT2D eigenvalue weighted by Gasteiger charge is 2.14. The summed E-state index contributed by atoms with van der Waals surface area (Å²) in [6.45, 7) is 8.52. The van der Waals surface area contributed by atoms with E-state index in [1.807, 2.05) is 24.3 Å². The van der Waals surface area contributed by atoms with E-state index in [-0.39, 0.29) is 18.2 Å². The van der Waals surface area contributed by atoms with Gasteiger partial charge in [0.2, 0.25) is 0 Å². The molecular weight excluding hydrogens is 644 g/mol. The Morgan fingerprint density at radius 1 is 0.431 bits per heavy atom. The Labute approximate surface area is 311 Å². The molecule has 0 aliphatic heterocycles. The van der Waals surface area contributed by atoms with Crippen LogP contribution in [0, 0.1) is 0 Å². The maximum atomic E-state index is 13.6. The average molecular weight is 693 g/mol. The van der Waals surface area contributed by atoms with Crippen LogP contribution in [0.25, 0.3) is 44.5 Å². The molecular formula is C47H49ClN2O. The summed E-state index contributed by atoms with van der Waals surface area (Å²) in [7, 11) is 4.34. The molecule has 0 radical (unpaired) electrons. The van der Waals surface area contributed by atoms with Crippen LogP contribution in [0.1, 0.15) is 53.7 Å². The van der Waals surface area contributed by atoms with Gasteiger partial charge >= 0.3 is 0 Å². The van der Waals surface area contributed by atoms with E-state index in [4.69, 9.17) is 0 Å². The molecule has 0 aliphatic carbocycles. The summed E-state index contributed by atoms with van der Waals surface area (Å²) in [6.07, 6.45) is 2.31. The molecule has 0 fully saturated rings. The second-order valence-electron chi connectivity index (χ2n) is 13.4. The minimum absolute atomic E-state index is 0. The van der Waals surface area contributed by atoms with E-state index in [1.165, 1.54) is 33.4 Å². The molecule has 6 aromatic carbocycles. The number of nitrogens with zero attached hydrogens (tertiary/aromatic N) is 2. The molecule has 0 saturated heterocycles. The van der Waals surface area contributed by atoms with E-state index in [1.54, 1.807) is 0 Å². The molecule has 0 heterocycles. The van der Waals surface area contributed by atoms with Crippen LogP contribution in [-0.2, 0) is 13.1 Å². The van der Waals surface area contributed by atoms with E-state index in [2.05, 4.69) is 159 Å². The van der Waals surface area contributed by atoms with Crippen molar-refractivity contribution in [3.63, 3.8) is 0 Å². The summed E-state index contributed by atoms with van der Waals surface area (Å²) in [5.41, 5.74) is 13.3. The van der Waals surface area contributed by atoms with Crippen molar-refractivity contribution in [2.45, 2.75) is 39.8 Å².